The van der Waals surface area contributed by atoms with E-state index in [4.69, 9.17) is 0 Å². The Bertz CT molecular complexity index is 835. The summed E-state index contributed by atoms with van der Waals surface area (Å²) in [6, 6.07) is 22.2. The second kappa shape index (κ2) is 7.14. The molecule has 3 aromatic rings. The van der Waals surface area contributed by atoms with Crippen LogP contribution < -0.4 is 5.19 Å². The van der Waals surface area contributed by atoms with Gasteiger partial charge in [-0.1, -0.05) is 55.2 Å². The van der Waals surface area contributed by atoms with Gasteiger partial charge >= 0.3 is 0 Å². The number of rotatable bonds is 4. The Morgan fingerprint density at radius 1 is 0.640 bits per heavy atom. The molecule has 4 heteroatoms. The van der Waals surface area contributed by atoms with Gasteiger partial charge in [-0.25, -0.2) is 8.78 Å². The first-order chi connectivity index (χ1) is 11.8. The lowest BCUT2D eigenvalue weighted by atomic mass is 10.3. The molecule has 0 fully saturated rings. The summed E-state index contributed by atoms with van der Waals surface area (Å²) in [7, 11) is -1.92. The molecule has 0 aliphatic rings. The predicted molar refractivity (Wildman–Crippen MR) is 104 cm³/mol. The normalized spacial score (nSPS) is 12.8. The first kappa shape index (κ1) is 17.9. The van der Waals surface area contributed by atoms with Gasteiger partial charge in [-0.05, 0) is 24.3 Å². The molecule has 0 saturated heterocycles. The Labute approximate surface area is 151 Å². The quantitative estimate of drug-likeness (QED) is 0.413. The smallest absolute Gasteiger partial charge is 0.172 e. The summed E-state index contributed by atoms with van der Waals surface area (Å²) in [6.07, 6.45) is 0. The fraction of sp³-hybridized carbons (Fsp3) is 0.143. The van der Waals surface area contributed by atoms with Crippen molar-refractivity contribution in [2.45, 2.75) is 34.3 Å². The maximum atomic E-state index is 13.8. The first-order valence-electron chi connectivity index (χ1n) is 8.20. The molecule has 0 aliphatic heterocycles. The highest BCUT2D eigenvalue weighted by Gasteiger charge is 2.30. The van der Waals surface area contributed by atoms with Crippen molar-refractivity contribution >= 4 is 24.2 Å². The molecule has 0 amide bonds. The molecule has 128 valence electrons. The van der Waals surface area contributed by atoms with Crippen LogP contribution in [0.15, 0.2) is 87.5 Å². The summed E-state index contributed by atoms with van der Waals surface area (Å²) < 4.78 is 27.6. The van der Waals surface area contributed by atoms with E-state index in [9.17, 15) is 8.78 Å². The Balaban J connectivity index is 2.12. The van der Waals surface area contributed by atoms with Crippen molar-refractivity contribution in [1.29, 1.82) is 0 Å². The highest BCUT2D eigenvalue weighted by molar-refractivity contribution is 7.97. The topological polar surface area (TPSA) is 0 Å². The van der Waals surface area contributed by atoms with E-state index < -0.39 is 30.6 Å². The van der Waals surface area contributed by atoms with E-state index in [1.54, 1.807) is 0 Å². The zero-order chi connectivity index (χ0) is 18.0. The average Bonchev–Trinajstić information content (AvgIpc) is 2.55. The van der Waals surface area contributed by atoms with Crippen LogP contribution >= 0.6 is 0 Å². The molecule has 0 saturated carbocycles. The Hall–Kier alpha value is -1.91. The second-order valence-corrected chi connectivity index (χ2v) is 14.1. The van der Waals surface area contributed by atoms with E-state index in [1.807, 2.05) is 30.3 Å². The van der Waals surface area contributed by atoms with Crippen LogP contribution in [0, 0.1) is 11.6 Å². The summed E-state index contributed by atoms with van der Waals surface area (Å²) in [4.78, 5) is 2.77. The average molecular weight is 372 g/mol. The highest BCUT2D eigenvalue weighted by Crippen LogP contribution is 2.31. The maximum Gasteiger partial charge on any atom is 0.172 e. The minimum absolute atomic E-state index is 0.535. The summed E-state index contributed by atoms with van der Waals surface area (Å²) in [5.41, 5.74) is 0. The molecule has 25 heavy (non-hydrogen) atoms. The number of benzene rings is 3. The molecule has 0 radical (unpaired) electrons. The number of halogens is 2. The Morgan fingerprint density at radius 2 is 1.16 bits per heavy atom. The minimum Gasteiger partial charge on any atom is -0.207 e. The number of hydrogen-bond donors (Lipinski definition) is 0. The Morgan fingerprint density at radius 3 is 1.68 bits per heavy atom. The van der Waals surface area contributed by atoms with Crippen molar-refractivity contribution in [1.82, 2.24) is 0 Å². The van der Waals surface area contributed by atoms with Crippen LogP contribution in [-0.2, 0) is 10.9 Å². The van der Waals surface area contributed by atoms with E-state index in [0.29, 0.717) is 4.90 Å². The van der Waals surface area contributed by atoms with Gasteiger partial charge in [-0.2, -0.15) is 0 Å². The van der Waals surface area contributed by atoms with Gasteiger partial charge in [0.15, 0.2) is 14.7 Å². The van der Waals surface area contributed by atoms with Crippen LogP contribution in [0.25, 0.3) is 0 Å². The Kier molecular flexibility index (Phi) is 5.11. The van der Waals surface area contributed by atoms with Gasteiger partial charge < -0.3 is 0 Å². The van der Waals surface area contributed by atoms with E-state index in [0.717, 1.165) is 15.9 Å². The van der Waals surface area contributed by atoms with Gasteiger partial charge in [0.2, 0.25) is 0 Å². The minimum atomic E-state index is -1.38. The van der Waals surface area contributed by atoms with Crippen molar-refractivity contribution in [2.75, 3.05) is 0 Å². The fourth-order valence-electron chi connectivity index (χ4n) is 2.70. The third-order valence-corrected chi connectivity index (χ3v) is 8.27. The van der Waals surface area contributed by atoms with Gasteiger partial charge in [0.1, 0.15) is 11.6 Å². The summed E-state index contributed by atoms with van der Waals surface area (Å²) in [6.45, 7) is 6.92. The second-order valence-electron chi connectivity index (χ2n) is 7.00. The van der Waals surface area contributed by atoms with Crippen LogP contribution in [-0.4, -0.2) is 8.07 Å². The maximum absolute atomic E-state index is 13.8. The van der Waals surface area contributed by atoms with Crippen LogP contribution in [0.2, 0.25) is 19.6 Å². The molecular formula is C21H21F2SSi+. The van der Waals surface area contributed by atoms with E-state index in [2.05, 4.69) is 43.9 Å². The fourth-order valence-corrected chi connectivity index (χ4v) is 5.98. The summed E-state index contributed by atoms with van der Waals surface area (Å²) in [5, 5.41) is 1.37. The van der Waals surface area contributed by atoms with E-state index >= 15 is 0 Å². The van der Waals surface area contributed by atoms with Gasteiger partial charge in [0.25, 0.3) is 0 Å². The molecule has 3 aromatic carbocycles. The monoisotopic (exact) mass is 371 g/mol. The lowest BCUT2D eigenvalue weighted by Crippen LogP contribution is -2.37. The summed E-state index contributed by atoms with van der Waals surface area (Å²) >= 11 is 0. The van der Waals surface area contributed by atoms with Gasteiger partial charge in [-0.15, -0.1) is 0 Å². The molecule has 0 nitrogen and oxygen atoms in total. The van der Waals surface area contributed by atoms with Crippen LogP contribution in [0.4, 0.5) is 8.78 Å². The van der Waals surface area contributed by atoms with Crippen molar-refractivity contribution in [3.8, 4) is 0 Å². The molecule has 0 N–H and O–H groups in total. The third-order valence-electron chi connectivity index (χ3n) is 4.01. The molecule has 3 rings (SSSR count). The lowest BCUT2D eigenvalue weighted by molar-refractivity contribution is 0.577. The van der Waals surface area contributed by atoms with E-state index in [1.165, 1.54) is 17.3 Å². The van der Waals surface area contributed by atoms with Crippen LogP contribution in [0.3, 0.4) is 0 Å². The van der Waals surface area contributed by atoms with Gasteiger partial charge in [0.05, 0.1) is 19.0 Å². The lowest BCUT2D eigenvalue weighted by Gasteiger charge is -2.16. The number of hydrogen-bond acceptors (Lipinski definition) is 0. The molecule has 1 unspecified atom stereocenters. The predicted octanol–water partition coefficient (Wildman–Crippen LogP) is 5.61. The molecule has 0 aromatic heterocycles. The largest absolute Gasteiger partial charge is 0.207 e. The van der Waals surface area contributed by atoms with Gasteiger partial charge in [0, 0.05) is 18.2 Å². The van der Waals surface area contributed by atoms with Gasteiger partial charge in [-0.3, -0.25) is 0 Å². The first-order valence-corrected chi connectivity index (χ1v) is 12.9. The molecular weight excluding hydrogens is 350 g/mol. The van der Waals surface area contributed by atoms with E-state index in [-0.39, 0.29) is 0 Å². The van der Waals surface area contributed by atoms with Crippen molar-refractivity contribution in [2.24, 2.45) is 0 Å². The standard InChI is InChI=1S/C21H21F2SSi/c1-25(2,3)21-11-9-19(10-12-21)24(18-7-5-4-6-8-18)20-14-16(22)13-17(23)15-20/h4-15H,1-3H3/q+1. The van der Waals surface area contributed by atoms with Crippen molar-refractivity contribution in [3.63, 3.8) is 0 Å². The van der Waals surface area contributed by atoms with Crippen molar-refractivity contribution < 1.29 is 8.78 Å². The molecule has 0 aliphatic carbocycles. The van der Waals surface area contributed by atoms with Crippen LogP contribution in [0.1, 0.15) is 0 Å². The molecule has 1 atom stereocenters. The van der Waals surface area contributed by atoms with Crippen molar-refractivity contribution in [3.05, 3.63) is 84.4 Å². The molecule has 0 spiro atoms. The third kappa shape index (κ3) is 4.20. The summed E-state index contributed by atoms with van der Waals surface area (Å²) in [5.74, 6) is -1.08. The highest BCUT2D eigenvalue weighted by atomic mass is 32.2. The molecule has 0 bridgehead atoms. The van der Waals surface area contributed by atoms with Crippen LogP contribution in [0.5, 0.6) is 0 Å². The SMILES string of the molecule is C[Si](C)(C)c1ccc([S+](c2ccccc2)c2cc(F)cc(F)c2)cc1. The zero-order valence-corrected chi connectivity index (χ0v) is 16.4. The molecule has 0 heterocycles. The zero-order valence-electron chi connectivity index (χ0n) is 14.6.